The molecule has 1 unspecified atom stereocenters. The number of aliphatic hydroxyl groups is 1. The van der Waals surface area contributed by atoms with Gasteiger partial charge in [-0.25, -0.2) is 0 Å². The number of nitrogens with zero attached hydrogens (tertiary/aromatic N) is 1. The fourth-order valence-corrected chi connectivity index (χ4v) is 2.39. The SMILES string of the molecule is CC1(CO)CCN(CC2(C[O-])CC2)C1.[K+]. The smallest absolute Gasteiger partial charge is 0.854 e. The summed E-state index contributed by atoms with van der Waals surface area (Å²) >= 11 is 0. The van der Waals surface area contributed by atoms with Crippen molar-refractivity contribution >= 4 is 0 Å². The molecule has 1 saturated carbocycles. The Morgan fingerprint density at radius 3 is 2.40 bits per heavy atom. The van der Waals surface area contributed by atoms with E-state index in [4.69, 9.17) is 0 Å². The number of hydrogen-bond donors (Lipinski definition) is 1. The van der Waals surface area contributed by atoms with Crippen LogP contribution in [0.25, 0.3) is 0 Å². The fourth-order valence-electron chi connectivity index (χ4n) is 2.39. The third kappa shape index (κ3) is 3.49. The molecule has 15 heavy (non-hydrogen) atoms. The van der Waals surface area contributed by atoms with Crippen LogP contribution in [0.5, 0.6) is 0 Å². The normalized spacial score (nSPS) is 33.8. The van der Waals surface area contributed by atoms with Crippen molar-refractivity contribution in [2.45, 2.75) is 26.2 Å². The standard InChI is InChI=1S/C11H20NO2.K/c1-10(8-13)4-5-12(6-10)7-11(9-14)2-3-11;/h13H,2-9H2,1H3;/q-1;+1. The second-order valence-electron chi connectivity index (χ2n) is 5.57. The van der Waals surface area contributed by atoms with Crippen LogP contribution in [0.15, 0.2) is 0 Å². The summed E-state index contributed by atoms with van der Waals surface area (Å²) in [5.74, 6) is 0. The topological polar surface area (TPSA) is 46.5 Å². The number of rotatable bonds is 4. The minimum atomic E-state index is 0. The average Bonchev–Trinajstić information content (AvgIpc) is 2.86. The van der Waals surface area contributed by atoms with E-state index in [1.165, 1.54) is 0 Å². The van der Waals surface area contributed by atoms with Crippen LogP contribution in [0, 0.1) is 10.8 Å². The van der Waals surface area contributed by atoms with Gasteiger partial charge in [0.25, 0.3) is 0 Å². The van der Waals surface area contributed by atoms with Crippen LogP contribution in [0.2, 0.25) is 0 Å². The van der Waals surface area contributed by atoms with E-state index in [2.05, 4.69) is 11.8 Å². The molecule has 2 rings (SSSR count). The first-order valence-corrected chi connectivity index (χ1v) is 5.53. The van der Waals surface area contributed by atoms with Crippen molar-refractivity contribution < 1.29 is 61.6 Å². The molecule has 2 aliphatic rings. The molecule has 1 aliphatic heterocycles. The van der Waals surface area contributed by atoms with Crippen LogP contribution >= 0.6 is 0 Å². The molecule has 2 fully saturated rings. The molecule has 0 radical (unpaired) electrons. The monoisotopic (exact) mass is 237 g/mol. The van der Waals surface area contributed by atoms with Crippen LogP contribution in [-0.4, -0.2) is 42.9 Å². The zero-order valence-electron chi connectivity index (χ0n) is 9.96. The molecule has 0 bridgehead atoms. The van der Waals surface area contributed by atoms with E-state index >= 15 is 0 Å². The first-order valence-electron chi connectivity index (χ1n) is 5.53. The number of likely N-dealkylation sites (tertiary alicyclic amines) is 1. The van der Waals surface area contributed by atoms with Crippen LogP contribution in [0.3, 0.4) is 0 Å². The second kappa shape index (κ2) is 5.44. The maximum absolute atomic E-state index is 11.0. The van der Waals surface area contributed by atoms with Gasteiger partial charge in [-0.05, 0) is 31.2 Å². The Kier molecular flexibility index (Phi) is 5.29. The van der Waals surface area contributed by atoms with Crippen molar-refractivity contribution in [3.05, 3.63) is 0 Å². The van der Waals surface area contributed by atoms with Gasteiger partial charge in [-0.2, -0.15) is 0 Å². The Morgan fingerprint density at radius 2 is 2.00 bits per heavy atom. The molecule has 3 nitrogen and oxygen atoms in total. The van der Waals surface area contributed by atoms with Gasteiger partial charge in [-0.3, -0.25) is 0 Å². The molecule has 1 heterocycles. The van der Waals surface area contributed by atoms with Crippen LogP contribution in [0.4, 0.5) is 0 Å². The fraction of sp³-hybridized carbons (Fsp3) is 1.00. The summed E-state index contributed by atoms with van der Waals surface area (Å²) in [4.78, 5) is 2.36. The maximum Gasteiger partial charge on any atom is 1.00 e. The molecule has 0 aromatic heterocycles. The van der Waals surface area contributed by atoms with E-state index in [0.29, 0.717) is 0 Å². The number of aliphatic hydroxyl groups excluding tert-OH is 1. The van der Waals surface area contributed by atoms with Crippen molar-refractivity contribution in [1.29, 1.82) is 0 Å². The summed E-state index contributed by atoms with van der Waals surface area (Å²) < 4.78 is 0. The predicted molar refractivity (Wildman–Crippen MR) is 52.8 cm³/mol. The van der Waals surface area contributed by atoms with Gasteiger partial charge >= 0.3 is 51.4 Å². The van der Waals surface area contributed by atoms with E-state index < -0.39 is 0 Å². The maximum atomic E-state index is 11.0. The van der Waals surface area contributed by atoms with Gasteiger partial charge in [0, 0.05) is 25.1 Å². The van der Waals surface area contributed by atoms with Crippen molar-refractivity contribution in [3.63, 3.8) is 0 Å². The van der Waals surface area contributed by atoms with Gasteiger partial charge in [0.15, 0.2) is 0 Å². The van der Waals surface area contributed by atoms with E-state index in [1.54, 1.807) is 0 Å². The first kappa shape index (κ1) is 14.6. The Labute approximate surface area is 135 Å². The molecular weight excluding hydrogens is 217 g/mol. The number of hydrogen-bond acceptors (Lipinski definition) is 3. The Balaban J connectivity index is 0.00000112. The molecule has 82 valence electrons. The first-order chi connectivity index (χ1) is 6.61. The molecule has 1 aliphatic carbocycles. The molecule has 0 aromatic rings. The molecule has 0 spiro atoms. The molecule has 4 heteroatoms. The van der Waals surface area contributed by atoms with E-state index in [1.807, 2.05) is 0 Å². The van der Waals surface area contributed by atoms with Crippen LogP contribution in [-0.2, 0) is 0 Å². The van der Waals surface area contributed by atoms with Gasteiger partial charge in [-0.15, -0.1) is 6.61 Å². The van der Waals surface area contributed by atoms with Crippen LogP contribution < -0.4 is 56.5 Å². The minimum Gasteiger partial charge on any atom is -0.854 e. The van der Waals surface area contributed by atoms with E-state index in [0.717, 1.165) is 38.9 Å². The molecule has 1 atom stereocenters. The Hall–Kier alpha value is 1.52. The molecule has 1 saturated heterocycles. The van der Waals surface area contributed by atoms with Gasteiger partial charge in [-0.1, -0.05) is 6.92 Å². The van der Waals surface area contributed by atoms with E-state index in [9.17, 15) is 10.2 Å². The summed E-state index contributed by atoms with van der Waals surface area (Å²) in [6.45, 7) is 5.47. The van der Waals surface area contributed by atoms with Crippen LogP contribution in [0.1, 0.15) is 26.2 Å². The molecule has 1 N–H and O–H groups in total. The van der Waals surface area contributed by atoms with E-state index in [-0.39, 0.29) is 75.4 Å². The molecular formula is C11H20KNO2. The third-order valence-corrected chi connectivity index (χ3v) is 3.84. The third-order valence-electron chi connectivity index (χ3n) is 3.84. The van der Waals surface area contributed by atoms with Gasteiger partial charge in [0.2, 0.25) is 0 Å². The minimum absolute atomic E-state index is 0. The summed E-state index contributed by atoms with van der Waals surface area (Å²) in [6.07, 6.45) is 3.30. The summed E-state index contributed by atoms with van der Waals surface area (Å²) in [6, 6.07) is 0. The van der Waals surface area contributed by atoms with Gasteiger partial charge < -0.3 is 15.1 Å². The Morgan fingerprint density at radius 1 is 1.33 bits per heavy atom. The summed E-state index contributed by atoms with van der Waals surface area (Å²) in [7, 11) is 0. The summed E-state index contributed by atoms with van der Waals surface area (Å²) in [5, 5.41) is 20.2. The zero-order valence-corrected chi connectivity index (χ0v) is 13.1. The van der Waals surface area contributed by atoms with Gasteiger partial charge in [0.05, 0.1) is 0 Å². The second-order valence-corrected chi connectivity index (χ2v) is 5.57. The predicted octanol–water partition coefficient (Wildman–Crippen LogP) is -3.16. The molecule has 0 aromatic carbocycles. The van der Waals surface area contributed by atoms with Gasteiger partial charge in [0.1, 0.15) is 0 Å². The van der Waals surface area contributed by atoms with Crippen molar-refractivity contribution in [2.24, 2.45) is 10.8 Å². The Bertz CT molecular complexity index is 221. The summed E-state index contributed by atoms with van der Waals surface area (Å²) in [5.41, 5.74) is 0.194. The van der Waals surface area contributed by atoms with Crippen molar-refractivity contribution in [3.8, 4) is 0 Å². The quantitative estimate of drug-likeness (QED) is 0.525. The largest absolute Gasteiger partial charge is 1.00 e. The zero-order chi connectivity index (χ0) is 10.2. The van der Waals surface area contributed by atoms with Crippen molar-refractivity contribution in [2.75, 3.05) is 32.8 Å². The average molecular weight is 237 g/mol. The molecule has 0 amide bonds. The van der Waals surface area contributed by atoms with Crippen molar-refractivity contribution in [1.82, 2.24) is 4.90 Å².